The summed E-state index contributed by atoms with van der Waals surface area (Å²) >= 11 is 0. The van der Waals surface area contributed by atoms with Crippen LogP contribution in [0.5, 0.6) is 5.75 Å². The summed E-state index contributed by atoms with van der Waals surface area (Å²) < 4.78 is 5.70. The quantitative estimate of drug-likeness (QED) is 0.549. The minimum atomic E-state index is -0.175. The second-order valence-corrected chi connectivity index (χ2v) is 10.3. The van der Waals surface area contributed by atoms with Crippen molar-refractivity contribution in [3.8, 4) is 5.75 Å². The molecule has 6 nitrogen and oxygen atoms in total. The molecule has 1 saturated heterocycles. The van der Waals surface area contributed by atoms with Crippen LogP contribution in [0.4, 0.5) is 11.4 Å². The molecule has 188 valence electrons. The number of piperazine rings is 1. The summed E-state index contributed by atoms with van der Waals surface area (Å²) in [5, 5.41) is 2.91. The van der Waals surface area contributed by atoms with E-state index >= 15 is 0 Å². The van der Waals surface area contributed by atoms with Crippen LogP contribution in [0.3, 0.4) is 0 Å². The fourth-order valence-electron chi connectivity index (χ4n) is 5.07. The zero-order chi connectivity index (χ0) is 24.6. The van der Waals surface area contributed by atoms with Gasteiger partial charge in [0.1, 0.15) is 5.75 Å². The van der Waals surface area contributed by atoms with Crippen LogP contribution in [0.25, 0.3) is 0 Å². The summed E-state index contributed by atoms with van der Waals surface area (Å²) in [5.74, 6) is 1.85. The SMILES string of the molecule is CC(C)CC(=O)N1CCN(c2ccc(NC(=O)COc3ccc(C4CCCCC4)cc3)cc2)CC1. The standard InChI is InChI=1S/C29H39N3O3/c1-22(2)20-29(34)32-18-16-31(17-19-32)26-12-10-25(11-13-26)30-28(33)21-35-27-14-8-24(9-15-27)23-6-4-3-5-7-23/h8-15,22-23H,3-7,16-21H2,1-2H3,(H,30,33). The number of rotatable bonds is 8. The van der Waals surface area contributed by atoms with Crippen molar-refractivity contribution in [3.05, 3.63) is 54.1 Å². The number of hydrogen-bond acceptors (Lipinski definition) is 4. The number of nitrogens with one attached hydrogen (secondary N) is 1. The van der Waals surface area contributed by atoms with Crippen LogP contribution in [0.15, 0.2) is 48.5 Å². The molecule has 0 aromatic heterocycles. The van der Waals surface area contributed by atoms with Crippen LogP contribution in [0, 0.1) is 5.92 Å². The molecule has 2 aromatic carbocycles. The number of anilines is 2. The molecule has 0 radical (unpaired) electrons. The molecule has 2 aromatic rings. The number of hydrogen-bond donors (Lipinski definition) is 1. The molecular weight excluding hydrogens is 438 g/mol. The number of nitrogens with zero attached hydrogens (tertiary/aromatic N) is 2. The number of ether oxygens (including phenoxy) is 1. The summed E-state index contributed by atoms with van der Waals surface area (Å²) in [6, 6.07) is 16.1. The predicted octanol–water partition coefficient (Wildman–Crippen LogP) is 5.45. The first-order chi connectivity index (χ1) is 17.0. The van der Waals surface area contributed by atoms with Crippen molar-refractivity contribution in [2.75, 3.05) is 43.0 Å². The normalized spacial score (nSPS) is 16.9. The van der Waals surface area contributed by atoms with E-state index in [1.807, 2.05) is 41.3 Å². The van der Waals surface area contributed by atoms with Crippen LogP contribution in [-0.4, -0.2) is 49.5 Å². The Morgan fingerprint density at radius 2 is 1.57 bits per heavy atom. The van der Waals surface area contributed by atoms with Gasteiger partial charge in [0.25, 0.3) is 5.91 Å². The van der Waals surface area contributed by atoms with Crippen molar-refractivity contribution >= 4 is 23.2 Å². The fourth-order valence-corrected chi connectivity index (χ4v) is 5.07. The second kappa shape index (κ2) is 12.1. The molecule has 2 amide bonds. The fraction of sp³-hybridized carbons (Fsp3) is 0.517. The van der Waals surface area contributed by atoms with Crippen molar-refractivity contribution in [2.45, 2.75) is 58.3 Å². The Kier molecular flexibility index (Phi) is 8.67. The van der Waals surface area contributed by atoms with Crippen LogP contribution in [0.2, 0.25) is 0 Å². The Labute approximate surface area is 209 Å². The Morgan fingerprint density at radius 1 is 0.914 bits per heavy atom. The maximum Gasteiger partial charge on any atom is 0.262 e. The Bertz CT molecular complexity index is 958. The van der Waals surface area contributed by atoms with Gasteiger partial charge in [-0.3, -0.25) is 9.59 Å². The zero-order valence-electron chi connectivity index (χ0n) is 21.2. The van der Waals surface area contributed by atoms with Crippen LogP contribution in [-0.2, 0) is 9.59 Å². The van der Waals surface area contributed by atoms with E-state index in [-0.39, 0.29) is 18.4 Å². The average molecular weight is 478 g/mol. The minimum absolute atomic E-state index is 0.0170. The van der Waals surface area contributed by atoms with E-state index in [2.05, 4.69) is 36.2 Å². The lowest BCUT2D eigenvalue weighted by atomic mass is 9.84. The Hall–Kier alpha value is -3.02. The number of amides is 2. The monoisotopic (exact) mass is 477 g/mol. The molecule has 4 rings (SSSR count). The zero-order valence-corrected chi connectivity index (χ0v) is 21.2. The summed E-state index contributed by atoms with van der Waals surface area (Å²) in [5.41, 5.74) is 3.24. The van der Waals surface area contributed by atoms with Crippen molar-refractivity contribution in [3.63, 3.8) is 0 Å². The average Bonchev–Trinajstić information content (AvgIpc) is 2.88. The van der Waals surface area contributed by atoms with E-state index in [1.165, 1.54) is 37.7 Å². The molecule has 2 aliphatic rings. The predicted molar refractivity (Wildman–Crippen MR) is 141 cm³/mol. The van der Waals surface area contributed by atoms with E-state index in [0.717, 1.165) is 43.3 Å². The molecule has 6 heteroatoms. The second-order valence-electron chi connectivity index (χ2n) is 10.3. The van der Waals surface area contributed by atoms with Gasteiger partial charge in [-0.2, -0.15) is 0 Å². The van der Waals surface area contributed by atoms with Gasteiger partial charge in [-0.15, -0.1) is 0 Å². The molecule has 0 unspecified atom stereocenters. The summed E-state index contributed by atoms with van der Waals surface area (Å²) in [6.45, 7) is 7.29. The smallest absolute Gasteiger partial charge is 0.262 e. The molecular formula is C29H39N3O3. The van der Waals surface area contributed by atoms with Gasteiger partial charge in [0.05, 0.1) is 0 Å². The molecule has 0 spiro atoms. The van der Waals surface area contributed by atoms with E-state index in [4.69, 9.17) is 4.74 Å². The first-order valence-corrected chi connectivity index (χ1v) is 13.1. The third-order valence-corrected chi connectivity index (χ3v) is 7.06. The Morgan fingerprint density at radius 3 is 2.20 bits per heavy atom. The molecule has 35 heavy (non-hydrogen) atoms. The largest absolute Gasteiger partial charge is 0.484 e. The highest BCUT2D eigenvalue weighted by molar-refractivity contribution is 5.92. The van der Waals surface area contributed by atoms with Gasteiger partial charge >= 0.3 is 0 Å². The number of carbonyl (C=O) groups excluding carboxylic acids is 2. The molecule has 1 N–H and O–H groups in total. The molecule has 1 aliphatic heterocycles. The molecule has 0 bridgehead atoms. The van der Waals surface area contributed by atoms with Crippen molar-refractivity contribution < 1.29 is 14.3 Å². The van der Waals surface area contributed by atoms with Gasteiger partial charge in [0.2, 0.25) is 5.91 Å². The van der Waals surface area contributed by atoms with Gasteiger partial charge in [0.15, 0.2) is 6.61 Å². The molecule has 1 heterocycles. The Balaban J connectivity index is 1.20. The third kappa shape index (κ3) is 7.23. The molecule has 1 saturated carbocycles. The van der Waals surface area contributed by atoms with E-state index in [9.17, 15) is 9.59 Å². The maximum absolute atomic E-state index is 12.4. The van der Waals surface area contributed by atoms with Crippen LogP contribution >= 0.6 is 0 Å². The summed E-state index contributed by atoms with van der Waals surface area (Å²) in [7, 11) is 0. The highest BCUT2D eigenvalue weighted by Crippen LogP contribution is 2.33. The van der Waals surface area contributed by atoms with Gasteiger partial charge < -0.3 is 19.9 Å². The number of benzene rings is 2. The maximum atomic E-state index is 12.4. The molecule has 0 atom stereocenters. The number of carbonyl (C=O) groups is 2. The highest BCUT2D eigenvalue weighted by Gasteiger charge is 2.21. The highest BCUT2D eigenvalue weighted by atomic mass is 16.5. The summed E-state index contributed by atoms with van der Waals surface area (Å²) in [6.07, 6.45) is 7.16. The third-order valence-electron chi connectivity index (χ3n) is 7.06. The molecule has 2 fully saturated rings. The van der Waals surface area contributed by atoms with Crippen molar-refractivity contribution in [2.24, 2.45) is 5.92 Å². The van der Waals surface area contributed by atoms with Crippen molar-refractivity contribution in [1.29, 1.82) is 0 Å². The van der Waals surface area contributed by atoms with Crippen LogP contribution < -0.4 is 15.0 Å². The van der Waals surface area contributed by atoms with Gasteiger partial charge in [-0.1, -0.05) is 45.2 Å². The first kappa shape index (κ1) is 25.1. The van der Waals surface area contributed by atoms with Gasteiger partial charge in [-0.05, 0) is 66.6 Å². The first-order valence-electron chi connectivity index (χ1n) is 13.1. The minimum Gasteiger partial charge on any atom is -0.484 e. The van der Waals surface area contributed by atoms with E-state index in [1.54, 1.807) is 0 Å². The molecule has 1 aliphatic carbocycles. The van der Waals surface area contributed by atoms with Crippen LogP contribution in [0.1, 0.15) is 63.9 Å². The lowest BCUT2D eigenvalue weighted by Gasteiger charge is -2.36. The topological polar surface area (TPSA) is 61.9 Å². The van der Waals surface area contributed by atoms with Gasteiger partial charge in [0, 0.05) is 44.0 Å². The van der Waals surface area contributed by atoms with Gasteiger partial charge in [-0.25, -0.2) is 0 Å². The van der Waals surface area contributed by atoms with E-state index < -0.39 is 0 Å². The van der Waals surface area contributed by atoms with E-state index in [0.29, 0.717) is 18.3 Å². The summed E-state index contributed by atoms with van der Waals surface area (Å²) in [4.78, 5) is 28.9. The van der Waals surface area contributed by atoms with Crippen molar-refractivity contribution in [1.82, 2.24) is 4.90 Å². The lowest BCUT2D eigenvalue weighted by Crippen LogP contribution is -2.49. The lowest BCUT2D eigenvalue weighted by molar-refractivity contribution is -0.132.